The van der Waals surface area contributed by atoms with Crippen molar-refractivity contribution in [2.75, 3.05) is 5.32 Å². The minimum atomic E-state index is 0.510. The van der Waals surface area contributed by atoms with Crippen LogP contribution in [-0.2, 0) is 13.0 Å². The van der Waals surface area contributed by atoms with Crippen molar-refractivity contribution in [3.63, 3.8) is 0 Å². The Morgan fingerprint density at radius 2 is 2.04 bits per heavy atom. The van der Waals surface area contributed by atoms with E-state index in [2.05, 4.69) is 43.5 Å². The highest BCUT2D eigenvalue weighted by Crippen LogP contribution is 2.31. The van der Waals surface area contributed by atoms with Crippen molar-refractivity contribution in [2.45, 2.75) is 19.9 Å². The number of H-pyrrole nitrogens is 1. The molecule has 1 aromatic carbocycles. The molecule has 0 saturated carbocycles. The van der Waals surface area contributed by atoms with Crippen LogP contribution in [0.25, 0.3) is 21.9 Å². The quantitative estimate of drug-likeness (QED) is 0.491. The predicted molar refractivity (Wildman–Crippen MR) is 106 cm³/mol. The molecule has 26 heavy (non-hydrogen) atoms. The van der Waals surface area contributed by atoms with Crippen LogP contribution in [-0.4, -0.2) is 25.1 Å². The van der Waals surface area contributed by atoms with E-state index >= 15 is 0 Å². The Balaban J connectivity index is 1.71. The average Bonchev–Trinajstić information content (AvgIpc) is 3.31. The first kappa shape index (κ1) is 17.2. The van der Waals surface area contributed by atoms with Gasteiger partial charge in [-0.3, -0.25) is 5.10 Å². The van der Waals surface area contributed by atoms with Crippen molar-refractivity contribution in [2.24, 2.45) is 0 Å². The van der Waals surface area contributed by atoms with Gasteiger partial charge in [0.1, 0.15) is 17.0 Å². The Kier molecular flexibility index (Phi) is 4.76. The summed E-state index contributed by atoms with van der Waals surface area (Å²) in [6.07, 6.45) is 2.39. The van der Waals surface area contributed by atoms with Crippen LogP contribution in [0.1, 0.15) is 17.4 Å². The highest BCUT2D eigenvalue weighted by molar-refractivity contribution is 7.18. The predicted octanol–water partition coefficient (Wildman–Crippen LogP) is 4.96. The zero-order valence-electron chi connectivity index (χ0n) is 13.8. The molecule has 0 atom stereocenters. The molecule has 4 aromatic rings. The number of anilines is 1. The number of nitrogens with one attached hydrogen (secondary N) is 2. The van der Waals surface area contributed by atoms with Crippen LogP contribution in [0.4, 0.5) is 5.82 Å². The largest absolute Gasteiger partial charge is 0.365 e. The summed E-state index contributed by atoms with van der Waals surface area (Å²) in [6.45, 7) is 2.69. The van der Waals surface area contributed by atoms with Crippen LogP contribution < -0.4 is 5.32 Å². The first-order valence-electron chi connectivity index (χ1n) is 7.98. The maximum Gasteiger partial charge on any atom is 0.200 e. The van der Waals surface area contributed by atoms with Gasteiger partial charge in [0.05, 0.1) is 15.4 Å². The monoisotopic (exact) mass is 404 g/mol. The molecule has 3 heterocycles. The summed E-state index contributed by atoms with van der Waals surface area (Å²) in [7, 11) is 0. The van der Waals surface area contributed by atoms with Crippen molar-refractivity contribution in [1.82, 2.24) is 25.1 Å². The van der Waals surface area contributed by atoms with Gasteiger partial charge in [-0.1, -0.05) is 36.2 Å². The van der Waals surface area contributed by atoms with Crippen molar-refractivity contribution in [1.29, 1.82) is 0 Å². The van der Waals surface area contributed by atoms with Gasteiger partial charge in [-0.25, -0.2) is 15.0 Å². The second-order valence-corrected chi connectivity index (χ2v) is 7.55. The third-order valence-corrected chi connectivity index (χ3v) is 5.78. The van der Waals surface area contributed by atoms with Crippen LogP contribution >= 0.6 is 34.5 Å². The van der Waals surface area contributed by atoms with E-state index in [1.54, 1.807) is 17.4 Å². The fraction of sp³-hybridized carbons (Fsp3) is 0.176. The molecule has 0 spiro atoms. The smallest absolute Gasteiger partial charge is 0.200 e. The molecule has 6 nitrogen and oxygen atoms in total. The number of aryl methyl sites for hydroxylation is 1. The van der Waals surface area contributed by atoms with E-state index in [0.717, 1.165) is 28.0 Å². The highest BCUT2D eigenvalue weighted by atomic mass is 35.5. The van der Waals surface area contributed by atoms with Gasteiger partial charge in [0.15, 0.2) is 5.82 Å². The number of hydrogen-bond acceptors (Lipinski definition) is 6. The van der Waals surface area contributed by atoms with E-state index in [1.807, 2.05) is 12.1 Å². The molecule has 0 amide bonds. The van der Waals surface area contributed by atoms with E-state index < -0.39 is 0 Å². The van der Waals surface area contributed by atoms with Crippen LogP contribution in [0.2, 0.25) is 10.0 Å². The topological polar surface area (TPSA) is 79.4 Å². The SMILES string of the molecule is CCc1cc2c(NCc3ccc(Cl)c(Cl)c3)nc(-c3ncn[nH]3)nc2s1. The van der Waals surface area contributed by atoms with Crippen LogP contribution in [0, 0.1) is 0 Å². The minimum absolute atomic E-state index is 0.510. The Bertz CT molecular complexity index is 1060. The Labute approximate surface area is 163 Å². The lowest BCUT2D eigenvalue weighted by atomic mass is 10.2. The molecule has 0 unspecified atom stereocenters. The Morgan fingerprint density at radius 1 is 1.15 bits per heavy atom. The van der Waals surface area contributed by atoms with Crippen molar-refractivity contribution >= 4 is 50.6 Å². The lowest BCUT2D eigenvalue weighted by Crippen LogP contribution is -2.04. The fourth-order valence-corrected chi connectivity index (χ4v) is 3.82. The lowest BCUT2D eigenvalue weighted by molar-refractivity contribution is 1.06. The summed E-state index contributed by atoms with van der Waals surface area (Å²) in [4.78, 5) is 15.6. The van der Waals surface area contributed by atoms with Gasteiger partial charge >= 0.3 is 0 Å². The van der Waals surface area contributed by atoms with Gasteiger partial charge in [-0.15, -0.1) is 11.3 Å². The number of halogens is 2. The van der Waals surface area contributed by atoms with Gasteiger partial charge < -0.3 is 5.32 Å². The summed E-state index contributed by atoms with van der Waals surface area (Å²) >= 11 is 13.7. The first-order chi connectivity index (χ1) is 12.6. The molecule has 4 rings (SSSR count). The standard InChI is InChI=1S/C17H14Cl2N6S/c1-2-10-6-11-14(20-7-9-3-4-12(18)13(19)5-9)23-16(24-17(11)26-10)15-21-8-22-25-15/h3-6,8H,2,7H2,1H3,(H,20,23,24)(H,21,22,25). The molecular weight excluding hydrogens is 391 g/mol. The fourth-order valence-electron chi connectivity index (χ4n) is 2.53. The molecule has 9 heteroatoms. The summed E-state index contributed by atoms with van der Waals surface area (Å²) in [6, 6.07) is 7.69. The number of benzene rings is 1. The third kappa shape index (κ3) is 3.38. The molecule has 0 fully saturated rings. The van der Waals surface area contributed by atoms with Crippen molar-refractivity contribution < 1.29 is 0 Å². The van der Waals surface area contributed by atoms with E-state index in [0.29, 0.717) is 28.2 Å². The maximum absolute atomic E-state index is 6.10. The number of thiophene rings is 1. The van der Waals surface area contributed by atoms with Gasteiger partial charge in [-0.05, 0) is 30.2 Å². The summed E-state index contributed by atoms with van der Waals surface area (Å²) < 4.78 is 0. The van der Waals surface area contributed by atoms with Gasteiger partial charge in [0, 0.05) is 11.4 Å². The summed E-state index contributed by atoms with van der Waals surface area (Å²) in [5.74, 6) is 1.80. The second-order valence-electron chi connectivity index (χ2n) is 5.62. The zero-order valence-corrected chi connectivity index (χ0v) is 16.1. The average molecular weight is 405 g/mol. The number of fused-ring (bicyclic) bond motifs is 1. The van der Waals surface area contributed by atoms with Gasteiger partial charge in [0.2, 0.25) is 5.82 Å². The van der Waals surface area contributed by atoms with Crippen LogP contribution in [0.15, 0.2) is 30.6 Å². The maximum atomic E-state index is 6.10. The van der Waals surface area contributed by atoms with E-state index in [4.69, 9.17) is 23.2 Å². The minimum Gasteiger partial charge on any atom is -0.365 e. The van der Waals surface area contributed by atoms with Gasteiger partial charge in [-0.2, -0.15) is 5.10 Å². The molecule has 0 radical (unpaired) electrons. The normalized spacial score (nSPS) is 11.2. The van der Waals surface area contributed by atoms with Crippen LogP contribution in [0.3, 0.4) is 0 Å². The van der Waals surface area contributed by atoms with E-state index in [1.165, 1.54) is 11.2 Å². The molecule has 3 aromatic heterocycles. The molecule has 132 valence electrons. The number of hydrogen-bond donors (Lipinski definition) is 2. The Hall–Kier alpha value is -2.22. The lowest BCUT2D eigenvalue weighted by Gasteiger charge is -2.09. The molecular formula is C17H14Cl2N6S. The van der Waals surface area contributed by atoms with Gasteiger partial charge in [0.25, 0.3) is 0 Å². The summed E-state index contributed by atoms with van der Waals surface area (Å²) in [5.41, 5.74) is 1.01. The second kappa shape index (κ2) is 7.19. The molecule has 0 aliphatic heterocycles. The molecule has 2 N–H and O–H groups in total. The number of nitrogens with zero attached hydrogens (tertiary/aromatic N) is 4. The van der Waals surface area contributed by atoms with Crippen LogP contribution in [0.5, 0.6) is 0 Å². The number of aromatic amines is 1. The summed E-state index contributed by atoms with van der Waals surface area (Å²) in [5, 5.41) is 12.1. The van der Waals surface area contributed by atoms with Crippen molar-refractivity contribution in [3.8, 4) is 11.6 Å². The number of aromatic nitrogens is 5. The zero-order chi connectivity index (χ0) is 18.1. The van der Waals surface area contributed by atoms with Crippen molar-refractivity contribution in [3.05, 3.63) is 51.1 Å². The molecule has 0 bridgehead atoms. The van der Waals surface area contributed by atoms with E-state index in [-0.39, 0.29) is 0 Å². The van der Waals surface area contributed by atoms with E-state index in [9.17, 15) is 0 Å². The number of rotatable bonds is 5. The highest BCUT2D eigenvalue weighted by Gasteiger charge is 2.14. The molecule has 0 aliphatic rings. The Morgan fingerprint density at radius 3 is 2.77 bits per heavy atom. The third-order valence-electron chi connectivity index (χ3n) is 3.86. The molecule has 0 saturated heterocycles. The first-order valence-corrected chi connectivity index (χ1v) is 9.55. The molecule has 0 aliphatic carbocycles.